The zero-order valence-corrected chi connectivity index (χ0v) is 8.23. The lowest BCUT2D eigenvalue weighted by Gasteiger charge is -2.32. The minimum atomic E-state index is -0.102. The monoisotopic (exact) mass is 188 g/mol. The van der Waals surface area contributed by atoms with Crippen LogP contribution in [0.3, 0.4) is 0 Å². The number of ether oxygens (including phenoxy) is 4. The van der Waals surface area contributed by atoms with E-state index < -0.39 is 0 Å². The van der Waals surface area contributed by atoms with Crippen LogP contribution in [0.5, 0.6) is 0 Å². The second kappa shape index (κ2) is 5.21. The zero-order chi connectivity index (χ0) is 9.68. The fourth-order valence-electron chi connectivity index (χ4n) is 1.42. The molecule has 0 aromatic carbocycles. The number of methoxy groups -OCH3 is 3. The molecule has 0 saturated carbocycles. The third-order valence-corrected chi connectivity index (χ3v) is 2.09. The summed E-state index contributed by atoms with van der Waals surface area (Å²) in [5.41, 5.74) is 0. The molecule has 4 heteroatoms. The van der Waals surface area contributed by atoms with E-state index in [0.29, 0.717) is 6.61 Å². The molecule has 0 unspecified atom stereocenters. The van der Waals surface area contributed by atoms with Gasteiger partial charge in [-0.25, -0.2) is 0 Å². The summed E-state index contributed by atoms with van der Waals surface area (Å²) in [6.07, 6.45) is 3.21. The van der Waals surface area contributed by atoms with Gasteiger partial charge in [-0.3, -0.25) is 0 Å². The zero-order valence-electron chi connectivity index (χ0n) is 8.23. The molecule has 1 aliphatic rings. The van der Waals surface area contributed by atoms with Crippen molar-refractivity contribution in [2.45, 2.75) is 18.3 Å². The minimum Gasteiger partial charge on any atom is -0.493 e. The fraction of sp³-hybridized carbons (Fsp3) is 0.778. The molecule has 1 rings (SSSR count). The van der Waals surface area contributed by atoms with Crippen LogP contribution in [-0.4, -0.2) is 46.2 Å². The molecule has 13 heavy (non-hydrogen) atoms. The summed E-state index contributed by atoms with van der Waals surface area (Å²) in [5, 5.41) is 0. The topological polar surface area (TPSA) is 36.9 Å². The van der Waals surface area contributed by atoms with E-state index in [1.807, 2.05) is 6.08 Å². The summed E-state index contributed by atoms with van der Waals surface area (Å²) in [5.74, 6) is 0. The lowest BCUT2D eigenvalue weighted by molar-refractivity contribution is -0.113. The molecule has 0 fully saturated rings. The Hall–Kier alpha value is -0.580. The second-order valence-electron chi connectivity index (χ2n) is 2.86. The van der Waals surface area contributed by atoms with Crippen molar-refractivity contribution in [3.05, 3.63) is 12.3 Å². The van der Waals surface area contributed by atoms with Gasteiger partial charge in [-0.1, -0.05) is 0 Å². The van der Waals surface area contributed by atoms with Gasteiger partial charge in [0.1, 0.15) is 18.3 Å². The van der Waals surface area contributed by atoms with Crippen LogP contribution in [0.2, 0.25) is 0 Å². The van der Waals surface area contributed by atoms with Gasteiger partial charge in [-0.05, 0) is 6.08 Å². The third kappa shape index (κ3) is 2.43. The Morgan fingerprint density at radius 1 is 1.23 bits per heavy atom. The van der Waals surface area contributed by atoms with Crippen LogP contribution in [0.1, 0.15) is 0 Å². The highest BCUT2D eigenvalue weighted by atomic mass is 16.6. The number of hydrogen-bond acceptors (Lipinski definition) is 4. The highest BCUT2D eigenvalue weighted by molar-refractivity contribution is 4.98. The van der Waals surface area contributed by atoms with Crippen molar-refractivity contribution in [2.75, 3.05) is 27.9 Å². The lowest BCUT2D eigenvalue weighted by Crippen LogP contribution is -2.44. The van der Waals surface area contributed by atoms with E-state index in [1.54, 1.807) is 27.6 Å². The molecule has 76 valence electrons. The van der Waals surface area contributed by atoms with Gasteiger partial charge in [0.25, 0.3) is 0 Å². The summed E-state index contributed by atoms with van der Waals surface area (Å²) in [7, 11) is 4.92. The van der Waals surface area contributed by atoms with Crippen LogP contribution in [0.25, 0.3) is 0 Å². The predicted molar refractivity (Wildman–Crippen MR) is 47.5 cm³/mol. The van der Waals surface area contributed by atoms with Crippen molar-refractivity contribution in [3.63, 3.8) is 0 Å². The molecule has 1 aliphatic heterocycles. The summed E-state index contributed by atoms with van der Waals surface area (Å²) in [6, 6.07) is 0. The molecular weight excluding hydrogens is 172 g/mol. The van der Waals surface area contributed by atoms with Crippen LogP contribution in [0, 0.1) is 0 Å². The normalized spacial score (nSPS) is 33.0. The fourth-order valence-corrected chi connectivity index (χ4v) is 1.42. The molecule has 0 amide bonds. The Balaban J connectivity index is 2.59. The van der Waals surface area contributed by atoms with Gasteiger partial charge in [0.15, 0.2) is 0 Å². The van der Waals surface area contributed by atoms with Crippen LogP contribution >= 0.6 is 0 Å². The lowest BCUT2D eigenvalue weighted by atomic mass is 10.1. The van der Waals surface area contributed by atoms with E-state index in [9.17, 15) is 0 Å². The smallest absolute Gasteiger partial charge is 0.150 e. The third-order valence-electron chi connectivity index (χ3n) is 2.09. The predicted octanol–water partition coefficient (Wildman–Crippen LogP) is 0.575. The number of rotatable bonds is 4. The molecule has 0 radical (unpaired) electrons. The maximum atomic E-state index is 5.34. The largest absolute Gasteiger partial charge is 0.493 e. The van der Waals surface area contributed by atoms with Gasteiger partial charge in [0, 0.05) is 21.3 Å². The first-order chi connectivity index (χ1) is 6.33. The Morgan fingerprint density at radius 3 is 2.54 bits per heavy atom. The molecule has 0 aromatic heterocycles. The number of hydrogen-bond donors (Lipinski definition) is 0. The maximum absolute atomic E-state index is 5.34. The van der Waals surface area contributed by atoms with Crippen LogP contribution < -0.4 is 0 Å². The van der Waals surface area contributed by atoms with Crippen molar-refractivity contribution in [2.24, 2.45) is 0 Å². The molecule has 1 heterocycles. The van der Waals surface area contributed by atoms with Gasteiger partial charge in [0.2, 0.25) is 0 Å². The van der Waals surface area contributed by atoms with E-state index in [4.69, 9.17) is 18.9 Å². The van der Waals surface area contributed by atoms with Crippen molar-refractivity contribution < 1.29 is 18.9 Å². The SMILES string of the molecule is COC[C@H]1OC=C[C@H](OC)[C@@H]1OC. The van der Waals surface area contributed by atoms with Gasteiger partial charge >= 0.3 is 0 Å². The Labute approximate surface area is 78.4 Å². The highest BCUT2D eigenvalue weighted by Gasteiger charge is 2.32. The summed E-state index contributed by atoms with van der Waals surface area (Å²) in [4.78, 5) is 0. The van der Waals surface area contributed by atoms with Gasteiger partial charge in [-0.2, -0.15) is 0 Å². The molecule has 0 bridgehead atoms. The van der Waals surface area contributed by atoms with E-state index in [1.165, 1.54) is 0 Å². The summed E-state index contributed by atoms with van der Waals surface area (Å²) < 4.78 is 20.9. The van der Waals surface area contributed by atoms with Crippen molar-refractivity contribution in [1.29, 1.82) is 0 Å². The van der Waals surface area contributed by atoms with Gasteiger partial charge in [-0.15, -0.1) is 0 Å². The maximum Gasteiger partial charge on any atom is 0.150 e. The van der Waals surface area contributed by atoms with Crippen molar-refractivity contribution in [3.8, 4) is 0 Å². The molecule has 0 aliphatic carbocycles. The van der Waals surface area contributed by atoms with Crippen molar-refractivity contribution >= 4 is 0 Å². The molecule has 0 spiro atoms. The van der Waals surface area contributed by atoms with Crippen molar-refractivity contribution in [1.82, 2.24) is 0 Å². The van der Waals surface area contributed by atoms with Gasteiger partial charge < -0.3 is 18.9 Å². The Kier molecular flexibility index (Phi) is 4.21. The minimum absolute atomic E-state index is 0.0566. The van der Waals surface area contributed by atoms with E-state index in [-0.39, 0.29) is 18.3 Å². The average molecular weight is 188 g/mol. The quantitative estimate of drug-likeness (QED) is 0.646. The first-order valence-electron chi connectivity index (χ1n) is 4.20. The van der Waals surface area contributed by atoms with Crippen LogP contribution in [0.15, 0.2) is 12.3 Å². The molecule has 0 aromatic rings. The standard InChI is InChI=1S/C9H16O4/c1-10-6-8-9(12-3)7(11-2)4-5-13-8/h4-5,7-9H,6H2,1-3H3/t7-,8+,9-/m0/s1. The van der Waals surface area contributed by atoms with Gasteiger partial charge in [0.05, 0.1) is 12.9 Å². The highest BCUT2D eigenvalue weighted by Crippen LogP contribution is 2.17. The van der Waals surface area contributed by atoms with Crippen LogP contribution in [0.4, 0.5) is 0 Å². The Bertz CT molecular complexity index is 169. The van der Waals surface area contributed by atoms with E-state index >= 15 is 0 Å². The van der Waals surface area contributed by atoms with Crippen LogP contribution in [-0.2, 0) is 18.9 Å². The Morgan fingerprint density at radius 2 is 2.00 bits per heavy atom. The molecule has 0 saturated heterocycles. The summed E-state index contributed by atoms with van der Waals surface area (Å²) in [6.45, 7) is 0.503. The summed E-state index contributed by atoms with van der Waals surface area (Å²) >= 11 is 0. The first kappa shape index (κ1) is 10.5. The first-order valence-corrected chi connectivity index (χ1v) is 4.20. The molecule has 3 atom stereocenters. The second-order valence-corrected chi connectivity index (χ2v) is 2.86. The molecule has 4 nitrogen and oxygen atoms in total. The van der Waals surface area contributed by atoms with E-state index in [0.717, 1.165) is 0 Å². The molecular formula is C9H16O4. The molecule has 0 N–H and O–H groups in total. The van der Waals surface area contributed by atoms with E-state index in [2.05, 4.69) is 0 Å². The average Bonchev–Trinajstić information content (AvgIpc) is 2.18.